The fourth-order valence-electron chi connectivity index (χ4n) is 1.62. The van der Waals surface area contributed by atoms with Gasteiger partial charge in [0.2, 0.25) is 5.88 Å². The van der Waals surface area contributed by atoms with Crippen molar-refractivity contribution in [3.8, 4) is 5.88 Å². The van der Waals surface area contributed by atoms with Gasteiger partial charge in [-0.2, -0.15) is 13.2 Å². The number of nitrogens with one attached hydrogen (secondary N) is 1. The molecule has 21 heavy (non-hydrogen) atoms. The molecule has 0 fully saturated rings. The highest BCUT2D eigenvalue weighted by atomic mass is 19.4. The van der Waals surface area contributed by atoms with Gasteiger partial charge < -0.3 is 10.1 Å². The molecular weight excluding hydrogens is 285 g/mol. The van der Waals surface area contributed by atoms with Crippen LogP contribution in [0.15, 0.2) is 42.5 Å². The largest absolute Gasteiger partial charge is 0.481 e. The van der Waals surface area contributed by atoms with Crippen LogP contribution in [0.4, 0.5) is 18.9 Å². The normalized spacial score (nSPS) is 11.0. The molecule has 2 rings (SSSR count). The van der Waals surface area contributed by atoms with E-state index in [2.05, 4.69) is 10.3 Å². The van der Waals surface area contributed by atoms with Gasteiger partial charge in [0, 0.05) is 11.8 Å². The number of pyridine rings is 1. The summed E-state index contributed by atoms with van der Waals surface area (Å²) < 4.78 is 42.6. The van der Waals surface area contributed by atoms with Crippen LogP contribution in [0.5, 0.6) is 5.88 Å². The van der Waals surface area contributed by atoms with Crippen LogP contribution in [0.1, 0.15) is 16.1 Å². The molecular formula is C14H11F3N2O2. The fraction of sp³-hybridized carbons (Fsp3) is 0.143. The number of rotatable bonds is 3. The third-order valence-corrected chi connectivity index (χ3v) is 2.61. The zero-order valence-corrected chi connectivity index (χ0v) is 10.9. The molecule has 0 spiro atoms. The second-order valence-corrected chi connectivity index (χ2v) is 4.10. The number of ether oxygens (including phenoxy) is 1. The average molecular weight is 296 g/mol. The minimum absolute atomic E-state index is 0.0412. The molecule has 0 radical (unpaired) electrons. The van der Waals surface area contributed by atoms with Crippen molar-refractivity contribution in [2.24, 2.45) is 0 Å². The average Bonchev–Trinajstić information content (AvgIpc) is 2.46. The van der Waals surface area contributed by atoms with Gasteiger partial charge in [-0.05, 0) is 24.3 Å². The Morgan fingerprint density at radius 1 is 1.19 bits per heavy atom. The number of hydrogen-bond donors (Lipinski definition) is 1. The lowest BCUT2D eigenvalue weighted by molar-refractivity contribution is -0.137. The summed E-state index contributed by atoms with van der Waals surface area (Å²) in [5, 5.41) is 2.37. The van der Waals surface area contributed by atoms with E-state index in [0.717, 1.165) is 12.1 Å². The molecule has 0 aliphatic heterocycles. The molecule has 0 atom stereocenters. The maximum Gasteiger partial charge on any atom is 0.416 e. The number of anilines is 1. The lowest BCUT2D eigenvalue weighted by atomic mass is 10.2. The Balaban J connectivity index is 2.19. The molecule has 1 heterocycles. The Morgan fingerprint density at radius 2 is 1.90 bits per heavy atom. The van der Waals surface area contributed by atoms with Crippen LogP contribution < -0.4 is 10.1 Å². The van der Waals surface area contributed by atoms with Gasteiger partial charge in [0.1, 0.15) is 5.69 Å². The maximum atomic E-state index is 12.6. The Bertz CT molecular complexity index is 657. The van der Waals surface area contributed by atoms with Crippen LogP contribution in [-0.4, -0.2) is 18.0 Å². The van der Waals surface area contributed by atoms with Crippen molar-refractivity contribution in [1.82, 2.24) is 4.98 Å². The van der Waals surface area contributed by atoms with Crippen molar-refractivity contribution in [3.63, 3.8) is 0 Å². The van der Waals surface area contributed by atoms with Gasteiger partial charge in [-0.1, -0.05) is 12.1 Å². The van der Waals surface area contributed by atoms with E-state index < -0.39 is 17.6 Å². The van der Waals surface area contributed by atoms with E-state index in [1.165, 1.54) is 25.3 Å². The van der Waals surface area contributed by atoms with Crippen molar-refractivity contribution in [2.75, 3.05) is 12.4 Å². The molecule has 4 nitrogen and oxygen atoms in total. The molecule has 1 N–H and O–H groups in total. The standard InChI is InChI=1S/C14H11F3N2O2/c1-21-12-7-3-6-11(19-12)13(20)18-10-5-2-4-9(8-10)14(15,16)17/h2-8H,1H3,(H,18,20). The third kappa shape index (κ3) is 3.71. The Labute approximate surface area is 118 Å². The highest BCUT2D eigenvalue weighted by Crippen LogP contribution is 2.30. The van der Waals surface area contributed by atoms with Crippen LogP contribution in [0.25, 0.3) is 0 Å². The first-order valence-corrected chi connectivity index (χ1v) is 5.90. The molecule has 0 bridgehead atoms. The Morgan fingerprint density at radius 3 is 2.57 bits per heavy atom. The van der Waals surface area contributed by atoms with Crippen molar-refractivity contribution in [3.05, 3.63) is 53.7 Å². The molecule has 0 aliphatic carbocycles. The first-order chi connectivity index (χ1) is 9.90. The summed E-state index contributed by atoms with van der Waals surface area (Å²) >= 11 is 0. The third-order valence-electron chi connectivity index (χ3n) is 2.61. The van der Waals surface area contributed by atoms with Gasteiger partial charge in [-0.3, -0.25) is 4.79 Å². The minimum Gasteiger partial charge on any atom is -0.481 e. The predicted octanol–water partition coefficient (Wildman–Crippen LogP) is 3.36. The number of carbonyl (C=O) groups is 1. The molecule has 0 saturated carbocycles. The molecule has 1 aromatic heterocycles. The number of carbonyl (C=O) groups excluding carboxylic acids is 1. The van der Waals surface area contributed by atoms with Crippen LogP contribution in [0.2, 0.25) is 0 Å². The second kappa shape index (κ2) is 5.82. The first-order valence-electron chi connectivity index (χ1n) is 5.90. The lowest BCUT2D eigenvalue weighted by Gasteiger charge is -2.10. The summed E-state index contributed by atoms with van der Waals surface area (Å²) in [7, 11) is 1.40. The predicted molar refractivity (Wildman–Crippen MR) is 70.2 cm³/mol. The number of methoxy groups -OCH3 is 1. The molecule has 1 amide bonds. The van der Waals surface area contributed by atoms with Crippen molar-refractivity contribution < 1.29 is 22.7 Å². The second-order valence-electron chi connectivity index (χ2n) is 4.10. The zero-order chi connectivity index (χ0) is 15.5. The number of amides is 1. The summed E-state index contributed by atoms with van der Waals surface area (Å²) in [5.74, 6) is -0.375. The van der Waals surface area contributed by atoms with Gasteiger partial charge in [0.15, 0.2) is 0 Å². The van der Waals surface area contributed by atoms with E-state index in [1.807, 2.05) is 0 Å². The molecule has 0 unspecified atom stereocenters. The molecule has 7 heteroatoms. The van der Waals surface area contributed by atoms with E-state index in [0.29, 0.717) is 0 Å². The van der Waals surface area contributed by atoms with E-state index in [-0.39, 0.29) is 17.3 Å². The summed E-state index contributed by atoms with van der Waals surface area (Å²) in [6, 6.07) is 8.93. The fourth-order valence-corrected chi connectivity index (χ4v) is 1.62. The van der Waals surface area contributed by atoms with E-state index >= 15 is 0 Å². The number of alkyl halides is 3. The van der Waals surface area contributed by atoms with Gasteiger partial charge in [0.25, 0.3) is 5.91 Å². The highest BCUT2D eigenvalue weighted by molar-refractivity contribution is 6.02. The monoisotopic (exact) mass is 296 g/mol. The summed E-state index contributed by atoms with van der Waals surface area (Å²) in [6.07, 6.45) is -4.46. The van der Waals surface area contributed by atoms with Gasteiger partial charge in [-0.15, -0.1) is 0 Å². The summed E-state index contributed by atoms with van der Waals surface area (Å²) in [5.41, 5.74) is -0.745. The zero-order valence-electron chi connectivity index (χ0n) is 10.9. The van der Waals surface area contributed by atoms with Crippen LogP contribution in [-0.2, 0) is 6.18 Å². The number of aromatic nitrogens is 1. The van der Waals surface area contributed by atoms with Crippen molar-refractivity contribution >= 4 is 11.6 Å². The topological polar surface area (TPSA) is 51.2 Å². The molecule has 2 aromatic rings. The first kappa shape index (κ1) is 14.8. The van der Waals surface area contributed by atoms with Crippen molar-refractivity contribution in [1.29, 1.82) is 0 Å². The molecule has 110 valence electrons. The summed E-state index contributed by atoms with van der Waals surface area (Å²) in [6.45, 7) is 0. The Hall–Kier alpha value is -2.57. The van der Waals surface area contributed by atoms with Crippen LogP contribution in [0, 0.1) is 0 Å². The number of hydrogen-bond acceptors (Lipinski definition) is 3. The summed E-state index contributed by atoms with van der Waals surface area (Å²) in [4.78, 5) is 15.8. The highest BCUT2D eigenvalue weighted by Gasteiger charge is 2.30. The number of nitrogens with zero attached hydrogens (tertiary/aromatic N) is 1. The smallest absolute Gasteiger partial charge is 0.416 e. The molecule has 0 aliphatic rings. The van der Waals surface area contributed by atoms with Crippen molar-refractivity contribution in [2.45, 2.75) is 6.18 Å². The van der Waals surface area contributed by atoms with E-state index in [4.69, 9.17) is 4.74 Å². The van der Waals surface area contributed by atoms with Gasteiger partial charge in [-0.25, -0.2) is 4.98 Å². The van der Waals surface area contributed by atoms with E-state index in [9.17, 15) is 18.0 Å². The van der Waals surface area contributed by atoms with Gasteiger partial charge >= 0.3 is 6.18 Å². The van der Waals surface area contributed by atoms with Crippen LogP contribution in [0.3, 0.4) is 0 Å². The lowest BCUT2D eigenvalue weighted by Crippen LogP contribution is -2.14. The number of halogens is 3. The minimum atomic E-state index is -4.46. The molecule has 0 saturated heterocycles. The van der Waals surface area contributed by atoms with Gasteiger partial charge in [0.05, 0.1) is 12.7 Å². The SMILES string of the molecule is COc1cccc(C(=O)Nc2cccc(C(F)(F)F)c2)n1. The Kier molecular flexibility index (Phi) is 4.11. The molecule has 1 aromatic carbocycles. The quantitative estimate of drug-likeness (QED) is 0.945. The maximum absolute atomic E-state index is 12.6. The van der Waals surface area contributed by atoms with Crippen LogP contribution >= 0.6 is 0 Å². The van der Waals surface area contributed by atoms with E-state index in [1.54, 1.807) is 12.1 Å². The number of benzene rings is 1.